The quantitative estimate of drug-likeness (QED) is 0.817. The summed E-state index contributed by atoms with van der Waals surface area (Å²) < 4.78 is 0. The maximum Gasteiger partial charge on any atom is 0.299 e. The molecule has 2 heterocycles. The smallest absolute Gasteiger partial charge is 0.299 e. The summed E-state index contributed by atoms with van der Waals surface area (Å²) in [5.41, 5.74) is 2.69. The monoisotopic (exact) mass is 301 g/mol. The first kappa shape index (κ1) is 13.7. The molecule has 0 fully saturated rings. The van der Waals surface area contributed by atoms with Gasteiger partial charge >= 0.3 is 0 Å². The number of Topliss-reactive ketones (excluding diaryl/α,β-unsaturated/α-hetero) is 1. The lowest BCUT2D eigenvalue weighted by Gasteiger charge is -2.15. The van der Waals surface area contributed by atoms with Crippen molar-refractivity contribution in [1.82, 2.24) is 10.2 Å². The van der Waals surface area contributed by atoms with Gasteiger partial charge in [0.25, 0.3) is 11.7 Å². The van der Waals surface area contributed by atoms with Gasteiger partial charge in [0, 0.05) is 0 Å². The summed E-state index contributed by atoms with van der Waals surface area (Å²) in [5, 5.41) is 7.95. The van der Waals surface area contributed by atoms with Crippen LogP contribution in [-0.2, 0) is 17.8 Å². The Kier molecular flexibility index (Phi) is 3.43. The molecule has 1 aromatic heterocycles. The number of nitrogens with zero attached hydrogens (tertiary/aromatic N) is 3. The van der Waals surface area contributed by atoms with Crippen molar-refractivity contribution in [3.8, 4) is 0 Å². The van der Waals surface area contributed by atoms with Crippen LogP contribution >= 0.6 is 11.6 Å². The summed E-state index contributed by atoms with van der Waals surface area (Å²) in [5.74, 6) is -1.00. The molecule has 0 bridgehead atoms. The molecule has 0 atom stereocenters. The molecule has 1 aliphatic rings. The van der Waals surface area contributed by atoms with Crippen LogP contribution in [0.25, 0.3) is 0 Å². The molecule has 0 spiro atoms. The van der Waals surface area contributed by atoms with E-state index in [0.29, 0.717) is 16.9 Å². The second-order valence-electron chi connectivity index (χ2n) is 4.77. The lowest BCUT2D eigenvalue weighted by atomic mass is 10.1. The number of rotatable bonds is 3. The Morgan fingerprint density at radius 1 is 1.14 bits per heavy atom. The van der Waals surface area contributed by atoms with Crippen LogP contribution in [0.15, 0.2) is 30.3 Å². The molecule has 3 rings (SSSR count). The van der Waals surface area contributed by atoms with E-state index in [1.165, 1.54) is 4.90 Å². The number of amides is 1. The number of hydrogen-bond donors (Lipinski definition) is 0. The van der Waals surface area contributed by atoms with Crippen molar-refractivity contribution >= 4 is 29.0 Å². The van der Waals surface area contributed by atoms with Crippen LogP contribution in [0.2, 0.25) is 5.15 Å². The molecule has 1 aromatic carbocycles. The average molecular weight is 302 g/mol. The molecule has 21 heavy (non-hydrogen) atoms. The summed E-state index contributed by atoms with van der Waals surface area (Å²) in [7, 11) is 0. The standard InChI is InChI=1S/C15H12ClN3O2/c1-2-9-3-5-12-11(7-9)14(20)15(21)19(12)8-10-4-6-13(16)18-17-10/h3-7H,2,8H2,1H3. The lowest BCUT2D eigenvalue weighted by Crippen LogP contribution is -2.29. The number of benzene rings is 1. The molecule has 2 aromatic rings. The predicted octanol–water partition coefficient (Wildman–Crippen LogP) is 2.42. The number of aromatic nitrogens is 2. The molecule has 6 heteroatoms. The van der Waals surface area contributed by atoms with Gasteiger partial charge in [-0.05, 0) is 36.2 Å². The maximum atomic E-state index is 12.1. The fourth-order valence-electron chi connectivity index (χ4n) is 2.31. The molecular formula is C15H12ClN3O2. The first-order chi connectivity index (χ1) is 10.1. The van der Waals surface area contributed by atoms with E-state index in [4.69, 9.17) is 11.6 Å². The van der Waals surface area contributed by atoms with Gasteiger partial charge in [-0.1, -0.05) is 24.6 Å². The molecule has 1 amide bonds. The zero-order valence-corrected chi connectivity index (χ0v) is 12.1. The van der Waals surface area contributed by atoms with Gasteiger partial charge in [-0.15, -0.1) is 5.10 Å². The highest BCUT2D eigenvalue weighted by Crippen LogP contribution is 2.31. The second kappa shape index (κ2) is 5.26. The summed E-state index contributed by atoms with van der Waals surface area (Å²) in [6.07, 6.45) is 0.817. The van der Waals surface area contributed by atoms with E-state index in [1.54, 1.807) is 24.3 Å². The fourth-order valence-corrected chi connectivity index (χ4v) is 2.42. The van der Waals surface area contributed by atoms with Gasteiger partial charge in [-0.2, -0.15) is 5.10 Å². The Morgan fingerprint density at radius 2 is 1.95 bits per heavy atom. The van der Waals surface area contributed by atoms with E-state index < -0.39 is 11.7 Å². The molecule has 5 nitrogen and oxygen atoms in total. The van der Waals surface area contributed by atoms with Gasteiger partial charge in [0.05, 0.1) is 23.5 Å². The summed E-state index contributed by atoms with van der Waals surface area (Å²) in [6.45, 7) is 2.21. The van der Waals surface area contributed by atoms with Gasteiger partial charge in [0.15, 0.2) is 5.15 Å². The normalized spacial score (nSPS) is 13.7. The number of carbonyl (C=O) groups is 2. The largest absolute Gasteiger partial charge is 0.299 e. The minimum Gasteiger partial charge on any atom is -0.299 e. The van der Waals surface area contributed by atoms with Gasteiger partial charge in [-0.3, -0.25) is 14.5 Å². The third kappa shape index (κ3) is 2.40. The van der Waals surface area contributed by atoms with E-state index in [9.17, 15) is 9.59 Å². The molecule has 1 aliphatic heterocycles. The molecule has 0 radical (unpaired) electrons. The lowest BCUT2D eigenvalue weighted by molar-refractivity contribution is -0.114. The number of carbonyl (C=O) groups excluding carboxylic acids is 2. The Morgan fingerprint density at radius 3 is 2.62 bits per heavy atom. The molecular weight excluding hydrogens is 290 g/mol. The van der Waals surface area contributed by atoms with Gasteiger partial charge in [0.1, 0.15) is 0 Å². The predicted molar refractivity (Wildman–Crippen MR) is 78.4 cm³/mol. The van der Waals surface area contributed by atoms with E-state index in [2.05, 4.69) is 10.2 Å². The summed E-state index contributed by atoms with van der Waals surface area (Å²) in [4.78, 5) is 25.6. The van der Waals surface area contributed by atoms with Crippen LogP contribution in [0.5, 0.6) is 0 Å². The average Bonchev–Trinajstić information content (AvgIpc) is 2.74. The van der Waals surface area contributed by atoms with Gasteiger partial charge < -0.3 is 0 Å². The van der Waals surface area contributed by atoms with Crippen LogP contribution in [0, 0.1) is 0 Å². The molecule has 106 valence electrons. The summed E-state index contributed by atoms with van der Waals surface area (Å²) >= 11 is 5.69. The van der Waals surface area contributed by atoms with Crippen molar-refractivity contribution in [2.45, 2.75) is 19.9 Å². The number of fused-ring (bicyclic) bond motifs is 1. The number of halogens is 1. The van der Waals surface area contributed by atoms with Crippen molar-refractivity contribution in [2.24, 2.45) is 0 Å². The van der Waals surface area contributed by atoms with Crippen molar-refractivity contribution < 1.29 is 9.59 Å². The van der Waals surface area contributed by atoms with Crippen LogP contribution in [0.3, 0.4) is 0 Å². The summed E-state index contributed by atoms with van der Waals surface area (Å²) in [6, 6.07) is 8.80. The molecule has 0 N–H and O–H groups in total. The van der Waals surface area contributed by atoms with E-state index in [-0.39, 0.29) is 11.7 Å². The first-order valence-corrected chi connectivity index (χ1v) is 6.95. The third-order valence-corrected chi connectivity index (χ3v) is 3.65. The highest BCUT2D eigenvalue weighted by Gasteiger charge is 2.36. The Labute approximate surface area is 126 Å². The van der Waals surface area contributed by atoms with Crippen molar-refractivity contribution in [1.29, 1.82) is 0 Å². The number of ketones is 1. The Bertz CT molecular complexity index is 728. The van der Waals surface area contributed by atoms with Crippen LogP contribution < -0.4 is 4.90 Å². The Hall–Kier alpha value is -2.27. The van der Waals surface area contributed by atoms with Crippen LogP contribution in [-0.4, -0.2) is 21.9 Å². The number of anilines is 1. The maximum absolute atomic E-state index is 12.1. The van der Waals surface area contributed by atoms with Gasteiger partial charge in [-0.25, -0.2) is 0 Å². The minimum absolute atomic E-state index is 0.202. The first-order valence-electron chi connectivity index (χ1n) is 6.57. The van der Waals surface area contributed by atoms with Crippen molar-refractivity contribution in [2.75, 3.05) is 4.90 Å². The SMILES string of the molecule is CCc1ccc2c(c1)C(=O)C(=O)N2Cc1ccc(Cl)nn1. The molecule has 0 saturated heterocycles. The molecule has 0 unspecified atom stereocenters. The zero-order chi connectivity index (χ0) is 15.0. The molecule has 0 aliphatic carbocycles. The molecule has 0 saturated carbocycles. The van der Waals surface area contributed by atoms with E-state index in [1.807, 2.05) is 13.0 Å². The number of aryl methyl sites for hydroxylation is 1. The van der Waals surface area contributed by atoms with E-state index >= 15 is 0 Å². The second-order valence-corrected chi connectivity index (χ2v) is 5.16. The fraction of sp³-hybridized carbons (Fsp3) is 0.200. The zero-order valence-electron chi connectivity index (χ0n) is 11.3. The Balaban J connectivity index is 1.96. The third-order valence-electron chi connectivity index (χ3n) is 3.45. The highest BCUT2D eigenvalue weighted by molar-refractivity contribution is 6.52. The number of hydrogen-bond acceptors (Lipinski definition) is 4. The van der Waals surface area contributed by atoms with Gasteiger partial charge in [0.2, 0.25) is 0 Å². The van der Waals surface area contributed by atoms with Crippen molar-refractivity contribution in [3.05, 3.63) is 52.3 Å². The van der Waals surface area contributed by atoms with Crippen LogP contribution in [0.4, 0.5) is 5.69 Å². The van der Waals surface area contributed by atoms with Crippen LogP contribution in [0.1, 0.15) is 28.5 Å². The van der Waals surface area contributed by atoms with E-state index in [0.717, 1.165) is 12.0 Å². The van der Waals surface area contributed by atoms with Crippen molar-refractivity contribution in [3.63, 3.8) is 0 Å². The highest BCUT2D eigenvalue weighted by atomic mass is 35.5. The topological polar surface area (TPSA) is 63.2 Å². The minimum atomic E-state index is -0.532.